The molecule has 0 radical (unpaired) electrons. The predicted octanol–water partition coefficient (Wildman–Crippen LogP) is 12.1. The van der Waals surface area contributed by atoms with Crippen molar-refractivity contribution in [3.63, 3.8) is 0 Å². The lowest BCUT2D eigenvalue weighted by molar-refractivity contribution is 1.29. The number of benzene rings is 6. The summed E-state index contributed by atoms with van der Waals surface area (Å²) in [5.41, 5.74) is 5.54. The van der Waals surface area contributed by atoms with E-state index >= 15 is 0 Å². The molecule has 9 aromatic rings. The topological polar surface area (TPSA) is 16.1 Å². The molecule has 0 fully saturated rings. The quantitative estimate of drug-likeness (QED) is 0.205. The molecule has 9 rings (SSSR count). The standard InChI is InChI=1S/C39H24N2S2/c1-2-10-28(11-3-1)41(30-18-19-32-31-12-6-7-13-34(31)42-37(32)24-30)29-16-14-25(15-17-29)39-38-33-22-26-8-4-5-9-27(26)23-36(33)43-35(38)20-21-40-39/h1-24H. The summed E-state index contributed by atoms with van der Waals surface area (Å²) in [7, 11) is 0. The zero-order valence-corrected chi connectivity index (χ0v) is 24.7. The summed E-state index contributed by atoms with van der Waals surface area (Å²) < 4.78 is 5.18. The lowest BCUT2D eigenvalue weighted by Gasteiger charge is -2.25. The third-order valence-electron chi connectivity index (χ3n) is 8.28. The molecule has 2 nitrogen and oxygen atoms in total. The fraction of sp³-hybridized carbons (Fsp3) is 0. The Kier molecular flexibility index (Phi) is 5.58. The van der Waals surface area contributed by atoms with Crippen LogP contribution in [0.15, 0.2) is 146 Å². The number of nitrogens with zero attached hydrogens (tertiary/aromatic N) is 2. The number of anilines is 3. The first kappa shape index (κ1) is 24.6. The van der Waals surface area contributed by atoms with E-state index in [1.54, 1.807) is 0 Å². The Balaban J connectivity index is 1.18. The van der Waals surface area contributed by atoms with Crippen molar-refractivity contribution in [3.05, 3.63) is 146 Å². The average Bonchev–Trinajstić information content (AvgIpc) is 3.62. The zero-order chi connectivity index (χ0) is 28.3. The summed E-state index contributed by atoms with van der Waals surface area (Å²) in [6, 6.07) is 50.4. The van der Waals surface area contributed by atoms with Gasteiger partial charge in [-0.3, -0.25) is 4.98 Å². The minimum Gasteiger partial charge on any atom is -0.310 e. The number of fused-ring (bicyclic) bond motifs is 7. The second-order valence-electron chi connectivity index (χ2n) is 10.8. The van der Waals surface area contributed by atoms with Crippen molar-refractivity contribution in [2.75, 3.05) is 4.90 Å². The molecule has 6 aromatic carbocycles. The van der Waals surface area contributed by atoms with Crippen molar-refractivity contribution in [3.8, 4) is 11.3 Å². The molecule has 0 saturated heterocycles. The fourth-order valence-corrected chi connectivity index (χ4v) is 8.54. The van der Waals surface area contributed by atoms with Crippen LogP contribution in [-0.4, -0.2) is 4.98 Å². The van der Waals surface area contributed by atoms with Gasteiger partial charge in [0.2, 0.25) is 0 Å². The maximum atomic E-state index is 4.92. The van der Waals surface area contributed by atoms with Crippen LogP contribution in [0.3, 0.4) is 0 Å². The van der Waals surface area contributed by atoms with Crippen LogP contribution >= 0.6 is 22.7 Å². The van der Waals surface area contributed by atoms with Crippen LogP contribution in [0.4, 0.5) is 17.1 Å². The van der Waals surface area contributed by atoms with E-state index in [2.05, 4.69) is 144 Å². The third-order valence-corrected chi connectivity index (χ3v) is 10.5. The number of hydrogen-bond acceptors (Lipinski definition) is 4. The van der Waals surface area contributed by atoms with Gasteiger partial charge in [0.05, 0.1) is 5.69 Å². The van der Waals surface area contributed by atoms with E-state index < -0.39 is 0 Å². The monoisotopic (exact) mass is 584 g/mol. The van der Waals surface area contributed by atoms with Crippen LogP contribution in [-0.2, 0) is 0 Å². The highest BCUT2D eigenvalue weighted by atomic mass is 32.1. The first-order valence-electron chi connectivity index (χ1n) is 14.4. The Hall–Kier alpha value is -5.03. The fourth-order valence-electron chi connectivity index (χ4n) is 6.27. The normalized spacial score (nSPS) is 11.7. The van der Waals surface area contributed by atoms with E-state index in [0.717, 1.165) is 28.3 Å². The number of rotatable bonds is 4. The van der Waals surface area contributed by atoms with Gasteiger partial charge in [0.15, 0.2) is 0 Å². The molecule has 0 aliphatic carbocycles. The summed E-state index contributed by atoms with van der Waals surface area (Å²) >= 11 is 3.70. The molecule has 0 unspecified atom stereocenters. The van der Waals surface area contributed by atoms with E-state index in [9.17, 15) is 0 Å². The number of pyridine rings is 1. The Morgan fingerprint density at radius 2 is 1.09 bits per heavy atom. The Labute approximate surface area is 256 Å². The van der Waals surface area contributed by atoms with Crippen LogP contribution in [0.25, 0.3) is 62.4 Å². The van der Waals surface area contributed by atoms with E-state index in [1.807, 2.05) is 28.9 Å². The van der Waals surface area contributed by atoms with Gasteiger partial charge >= 0.3 is 0 Å². The van der Waals surface area contributed by atoms with E-state index in [1.165, 1.54) is 51.1 Å². The van der Waals surface area contributed by atoms with E-state index in [-0.39, 0.29) is 0 Å². The summed E-state index contributed by atoms with van der Waals surface area (Å²) in [5, 5.41) is 7.66. The molecule has 3 aromatic heterocycles. The average molecular weight is 585 g/mol. The molecule has 0 atom stereocenters. The number of aromatic nitrogens is 1. The molecular weight excluding hydrogens is 561 g/mol. The maximum Gasteiger partial charge on any atom is 0.0795 e. The van der Waals surface area contributed by atoms with Crippen LogP contribution < -0.4 is 4.90 Å². The summed E-state index contributed by atoms with van der Waals surface area (Å²) in [6.45, 7) is 0. The smallest absolute Gasteiger partial charge is 0.0795 e. The summed E-state index contributed by atoms with van der Waals surface area (Å²) in [4.78, 5) is 7.26. The van der Waals surface area contributed by atoms with Gasteiger partial charge < -0.3 is 4.90 Å². The highest BCUT2D eigenvalue weighted by Crippen LogP contribution is 2.43. The van der Waals surface area contributed by atoms with Crippen molar-refractivity contribution in [2.45, 2.75) is 0 Å². The van der Waals surface area contributed by atoms with Crippen molar-refractivity contribution in [1.29, 1.82) is 0 Å². The van der Waals surface area contributed by atoms with Crippen LogP contribution in [0.1, 0.15) is 0 Å². The second-order valence-corrected chi connectivity index (χ2v) is 13.0. The molecule has 0 aliphatic rings. The Morgan fingerprint density at radius 1 is 0.442 bits per heavy atom. The van der Waals surface area contributed by atoms with Crippen molar-refractivity contribution >= 4 is 90.9 Å². The van der Waals surface area contributed by atoms with Crippen LogP contribution in [0.2, 0.25) is 0 Å². The molecule has 0 spiro atoms. The van der Waals surface area contributed by atoms with Gasteiger partial charge in [0, 0.05) is 69.2 Å². The van der Waals surface area contributed by atoms with Gasteiger partial charge in [-0.05, 0) is 71.4 Å². The van der Waals surface area contributed by atoms with Crippen LogP contribution in [0, 0.1) is 0 Å². The second kappa shape index (κ2) is 9.77. The first-order chi connectivity index (χ1) is 21.3. The number of para-hydroxylation sites is 1. The predicted molar refractivity (Wildman–Crippen MR) is 188 cm³/mol. The SMILES string of the molecule is c1ccc(N(c2ccc(-c3nccc4sc5cc6ccccc6cc5c34)cc2)c2ccc3c(c2)sc2ccccc23)cc1. The largest absolute Gasteiger partial charge is 0.310 e. The zero-order valence-electron chi connectivity index (χ0n) is 23.1. The molecule has 0 aliphatic heterocycles. The maximum absolute atomic E-state index is 4.92. The lowest BCUT2D eigenvalue weighted by Crippen LogP contribution is -2.09. The lowest BCUT2D eigenvalue weighted by atomic mass is 10.0. The molecule has 0 amide bonds. The van der Waals surface area contributed by atoms with Crippen molar-refractivity contribution in [2.24, 2.45) is 0 Å². The third kappa shape index (κ3) is 4.03. The van der Waals surface area contributed by atoms with Crippen molar-refractivity contribution < 1.29 is 0 Å². The molecular formula is C39H24N2S2. The Bertz CT molecular complexity index is 2450. The number of hydrogen-bond donors (Lipinski definition) is 0. The minimum absolute atomic E-state index is 1.03. The van der Waals surface area contributed by atoms with Gasteiger partial charge in [-0.25, -0.2) is 0 Å². The number of thiophene rings is 2. The molecule has 0 bridgehead atoms. The summed E-state index contributed by atoms with van der Waals surface area (Å²) in [5.74, 6) is 0. The van der Waals surface area contributed by atoms with Gasteiger partial charge in [-0.2, -0.15) is 0 Å². The molecule has 0 N–H and O–H groups in total. The van der Waals surface area contributed by atoms with Gasteiger partial charge in [-0.15, -0.1) is 22.7 Å². The molecule has 3 heterocycles. The molecule has 4 heteroatoms. The van der Waals surface area contributed by atoms with E-state index in [4.69, 9.17) is 4.98 Å². The summed E-state index contributed by atoms with van der Waals surface area (Å²) in [6.07, 6.45) is 1.94. The highest BCUT2D eigenvalue weighted by molar-refractivity contribution is 7.26. The molecule has 202 valence electrons. The van der Waals surface area contributed by atoms with Crippen molar-refractivity contribution in [1.82, 2.24) is 4.98 Å². The van der Waals surface area contributed by atoms with E-state index in [0.29, 0.717) is 0 Å². The van der Waals surface area contributed by atoms with Gasteiger partial charge in [0.25, 0.3) is 0 Å². The minimum atomic E-state index is 1.03. The van der Waals surface area contributed by atoms with Crippen LogP contribution in [0.5, 0.6) is 0 Å². The highest BCUT2D eigenvalue weighted by Gasteiger charge is 2.17. The first-order valence-corrected chi connectivity index (χ1v) is 16.0. The van der Waals surface area contributed by atoms with Gasteiger partial charge in [0.1, 0.15) is 0 Å². The Morgan fingerprint density at radius 3 is 1.95 bits per heavy atom. The molecule has 43 heavy (non-hydrogen) atoms. The van der Waals surface area contributed by atoms with Gasteiger partial charge in [-0.1, -0.05) is 78.9 Å². The molecule has 0 saturated carbocycles.